The molecule has 0 fully saturated rings. The van der Waals surface area contributed by atoms with Crippen LogP contribution in [0.4, 0.5) is 19.2 Å². The Kier molecular flexibility index (Phi) is 12.2. The van der Waals surface area contributed by atoms with Crippen LogP contribution in [0, 0.1) is 0 Å². The van der Waals surface area contributed by atoms with Gasteiger partial charge in [-0.15, -0.1) is 0 Å². The SMILES string of the molecule is CCOC(=O)N=NC(=O)OCC.O=C(O)N=NC(=O)O. The molecule has 0 rings (SSSR count). The molecule has 12 heteroatoms. The molecule has 0 bridgehead atoms. The van der Waals surface area contributed by atoms with E-state index in [4.69, 9.17) is 10.2 Å². The Balaban J connectivity index is 0. The summed E-state index contributed by atoms with van der Waals surface area (Å²) in [5, 5.41) is 25.7. The van der Waals surface area contributed by atoms with Crippen LogP contribution in [-0.4, -0.2) is 47.8 Å². The van der Waals surface area contributed by atoms with Crippen molar-refractivity contribution in [2.75, 3.05) is 13.2 Å². The molecule has 0 heterocycles. The van der Waals surface area contributed by atoms with E-state index >= 15 is 0 Å². The van der Waals surface area contributed by atoms with Gasteiger partial charge in [0.25, 0.3) is 0 Å². The van der Waals surface area contributed by atoms with Crippen molar-refractivity contribution < 1.29 is 38.9 Å². The van der Waals surface area contributed by atoms with Crippen molar-refractivity contribution in [1.82, 2.24) is 0 Å². The van der Waals surface area contributed by atoms with Gasteiger partial charge in [0.2, 0.25) is 0 Å². The Labute approximate surface area is 112 Å². The molecular formula is C8H12N4O8. The highest BCUT2D eigenvalue weighted by molar-refractivity contribution is 5.73. The van der Waals surface area contributed by atoms with Gasteiger partial charge in [-0.3, -0.25) is 0 Å². The standard InChI is InChI=1S/C6H10N2O4.C2H2N2O4/c1-3-11-5(9)7-8-6(10)12-4-2;5-1(6)3-4-2(7)8/h3-4H2,1-2H3;(H,5,6)(H,7,8). The first-order valence-electron chi connectivity index (χ1n) is 4.96. The highest BCUT2D eigenvalue weighted by Crippen LogP contribution is 1.88. The van der Waals surface area contributed by atoms with Crippen LogP contribution in [0.2, 0.25) is 0 Å². The number of hydrogen-bond donors (Lipinski definition) is 2. The minimum Gasteiger partial charge on any atom is -0.462 e. The molecule has 0 saturated carbocycles. The fraction of sp³-hybridized carbons (Fsp3) is 0.500. The second-order valence-electron chi connectivity index (χ2n) is 2.36. The maximum absolute atomic E-state index is 10.5. The van der Waals surface area contributed by atoms with Crippen LogP contribution in [0.25, 0.3) is 0 Å². The van der Waals surface area contributed by atoms with E-state index in [0.29, 0.717) is 0 Å². The predicted octanol–water partition coefficient (Wildman–Crippen LogP) is 2.55. The maximum atomic E-state index is 10.5. The minimum atomic E-state index is -1.62. The number of carbonyl (C=O) groups excluding carboxylic acids is 2. The maximum Gasteiger partial charge on any atom is 0.452 e. The third-order valence-electron chi connectivity index (χ3n) is 0.970. The molecule has 0 radical (unpaired) electrons. The Morgan fingerprint density at radius 2 is 1.05 bits per heavy atom. The van der Waals surface area contributed by atoms with Gasteiger partial charge >= 0.3 is 24.4 Å². The summed E-state index contributed by atoms with van der Waals surface area (Å²) in [5.74, 6) is 0. The first-order chi connectivity index (χ1) is 9.33. The number of rotatable bonds is 2. The molecule has 0 aromatic heterocycles. The number of carbonyl (C=O) groups is 4. The van der Waals surface area contributed by atoms with E-state index in [9.17, 15) is 19.2 Å². The van der Waals surface area contributed by atoms with Crippen molar-refractivity contribution in [1.29, 1.82) is 0 Å². The Morgan fingerprint density at radius 3 is 1.25 bits per heavy atom. The normalized spacial score (nSPS) is 9.70. The summed E-state index contributed by atoms with van der Waals surface area (Å²) in [7, 11) is 0. The second kappa shape index (κ2) is 12.5. The van der Waals surface area contributed by atoms with Crippen LogP contribution < -0.4 is 0 Å². The summed E-state index contributed by atoms with van der Waals surface area (Å²) in [6, 6.07) is 0. The topological polar surface area (TPSA) is 177 Å². The van der Waals surface area contributed by atoms with E-state index in [0.717, 1.165) is 0 Å². The van der Waals surface area contributed by atoms with Crippen molar-refractivity contribution in [3.63, 3.8) is 0 Å². The van der Waals surface area contributed by atoms with Gasteiger partial charge in [-0.25, -0.2) is 19.2 Å². The third kappa shape index (κ3) is 17.5. The number of hydrogen-bond acceptors (Lipinski definition) is 6. The molecule has 0 aromatic rings. The summed E-state index contributed by atoms with van der Waals surface area (Å²) >= 11 is 0. The van der Waals surface area contributed by atoms with Crippen LogP contribution >= 0.6 is 0 Å². The predicted molar refractivity (Wildman–Crippen MR) is 59.8 cm³/mol. The van der Waals surface area contributed by atoms with Crippen molar-refractivity contribution in [3.05, 3.63) is 0 Å². The summed E-state index contributed by atoms with van der Waals surface area (Å²) in [4.78, 5) is 39.7. The summed E-state index contributed by atoms with van der Waals surface area (Å²) in [5.41, 5.74) is 0. The van der Waals surface area contributed by atoms with Gasteiger partial charge in [-0.1, -0.05) is 20.5 Å². The zero-order valence-electron chi connectivity index (χ0n) is 10.5. The Hall–Kier alpha value is -2.92. The highest BCUT2D eigenvalue weighted by Gasteiger charge is 2.00. The van der Waals surface area contributed by atoms with Crippen molar-refractivity contribution in [2.45, 2.75) is 13.8 Å². The van der Waals surface area contributed by atoms with Crippen LogP contribution in [0.1, 0.15) is 13.8 Å². The van der Waals surface area contributed by atoms with Gasteiger partial charge < -0.3 is 19.7 Å². The lowest BCUT2D eigenvalue weighted by Crippen LogP contribution is -2.00. The van der Waals surface area contributed by atoms with Gasteiger partial charge in [0, 0.05) is 0 Å². The van der Waals surface area contributed by atoms with Crippen molar-refractivity contribution in [2.24, 2.45) is 20.5 Å². The van der Waals surface area contributed by atoms with Crippen LogP contribution in [0.3, 0.4) is 0 Å². The monoisotopic (exact) mass is 292 g/mol. The Bertz CT molecular complexity index is 369. The zero-order chi connectivity index (χ0) is 16.0. The van der Waals surface area contributed by atoms with E-state index in [2.05, 4.69) is 29.9 Å². The Morgan fingerprint density at radius 1 is 0.750 bits per heavy atom. The molecule has 0 aliphatic heterocycles. The highest BCUT2D eigenvalue weighted by atomic mass is 16.6. The number of amides is 4. The molecular weight excluding hydrogens is 280 g/mol. The molecule has 0 aliphatic carbocycles. The zero-order valence-corrected chi connectivity index (χ0v) is 10.5. The van der Waals surface area contributed by atoms with E-state index < -0.39 is 24.4 Å². The van der Waals surface area contributed by atoms with Crippen LogP contribution in [-0.2, 0) is 9.47 Å². The molecule has 0 saturated heterocycles. The van der Waals surface area contributed by atoms with Gasteiger partial charge in [0.15, 0.2) is 0 Å². The number of ether oxygens (including phenoxy) is 2. The van der Waals surface area contributed by atoms with Gasteiger partial charge in [0.05, 0.1) is 13.2 Å². The van der Waals surface area contributed by atoms with E-state index in [1.807, 2.05) is 0 Å². The van der Waals surface area contributed by atoms with Gasteiger partial charge in [0.1, 0.15) is 0 Å². The molecule has 4 amide bonds. The lowest BCUT2D eigenvalue weighted by Gasteiger charge is -1.93. The number of carboxylic acid groups (broad SMARTS) is 2. The summed E-state index contributed by atoms with van der Waals surface area (Å²) in [6.07, 6.45) is -5.03. The first-order valence-corrected chi connectivity index (χ1v) is 4.96. The molecule has 0 spiro atoms. The molecule has 0 atom stereocenters. The van der Waals surface area contributed by atoms with Crippen LogP contribution in [0.15, 0.2) is 20.5 Å². The van der Waals surface area contributed by atoms with Crippen LogP contribution in [0.5, 0.6) is 0 Å². The van der Waals surface area contributed by atoms with Gasteiger partial charge in [-0.05, 0) is 13.8 Å². The fourth-order valence-corrected chi connectivity index (χ4v) is 0.472. The molecule has 112 valence electrons. The quantitative estimate of drug-likeness (QED) is 0.728. The average Bonchev–Trinajstić information content (AvgIpc) is 2.35. The fourth-order valence-electron chi connectivity index (χ4n) is 0.472. The van der Waals surface area contributed by atoms with Crippen molar-refractivity contribution in [3.8, 4) is 0 Å². The molecule has 12 nitrogen and oxygen atoms in total. The smallest absolute Gasteiger partial charge is 0.452 e. The summed E-state index contributed by atoms with van der Waals surface area (Å²) < 4.78 is 8.73. The van der Waals surface area contributed by atoms with Crippen molar-refractivity contribution >= 4 is 24.4 Å². The molecule has 0 aliphatic rings. The first kappa shape index (κ1) is 19.4. The molecule has 0 aromatic carbocycles. The lowest BCUT2D eigenvalue weighted by atomic mass is 10.9. The summed E-state index contributed by atoms with van der Waals surface area (Å²) in [6.45, 7) is 3.64. The molecule has 0 unspecified atom stereocenters. The molecule has 20 heavy (non-hydrogen) atoms. The second-order valence-corrected chi connectivity index (χ2v) is 2.36. The average molecular weight is 292 g/mol. The molecule has 2 N–H and O–H groups in total. The van der Waals surface area contributed by atoms with Gasteiger partial charge in [-0.2, -0.15) is 0 Å². The number of nitrogens with zero attached hydrogens (tertiary/aromatic N) is 4. The van der Waals surface area contributed by atoms with E-state index in [1.54, 1.807) is 13.8 Å². The third-order valence-corrected chi connectivity index (χ3v) is 0.970. The van der Waals surface area contributed by atoms with E-state index in [1.165, 1.54) is 0 Å². The largest absolute Gasteiger partial charge is 0.462 e. The van der Waals surface area contributed by atoms with E-state index in [-0.39, 0.29) is 13.2 Å². The minimum absolute atomic E-state index is 0.195. The number of azo groups is 2. The lowest BCUT2D eigenvalue weighted by molar-refractivity contribution is 0.152.